The fourth-order valence-electron chi connectivity index (χ4n) is 2.65. The molecule has 2 aromatic carbocycles. The van der Waals surface area contributed by atoms with E-state index in [0.29, 0.717) is 28.5 Å². The predicted octanol–water partition coefficient (Wildman–Crippen LogP) is 3.20. The third kappa shape index (κ3) is 3.39. The number of hydrogen-bond donors (Lipinski definition) is 1. The second-order valence-corrected chi connectivity index (χ2v) is 6.00. The number of nitrogens with zero attached hydrogens (tertiary/aromatic N) is 2. The standard InChI is InChI=1S/C18H14ClN3O2/c19-14-2-1-3-16(9-14)22-11-13(8-17(22)23)18(24)21-15-6-4-12(10-20)5-7-15/h1-7,9,13H,8,11H2,(H,21,24). The van der Waals surface area contributed by atoms with Gasteiger partial charge in [-0.2, -0.15) is 5.26 Å². The van der Waals surface area contributed by atoms with Crippen LogP contribution in [-0.2, 0) is 9.59 Å². The Morgan fingerprint density at radius 1 is 1.25 bits per heavy atom. The van der Waals surface area contributed by atoms with Gasteiger partial charge in [0.05, 0.1) is 17.6 Å². The summed E-state index contributed by atoms with van der Waals surface area (Å²) >= 11 is 5.96. The van der Waals surface area contributed by atoms with E-state index in [1.807, 2.05) is 6.07 Å². The number of nitrogens with one attached hydrogen (secondary N) is 1. The molecule has 120 valence electrons. The van der Waals surface area contributed by atoms with E-state index in [2.05, 4.69) is 5.32 Å². The average molecular weight is 340 g/mol. The molecule has 0 bridgehead atoms. The highest BCUT2D eigenvalue weighted by atomic mass is 35.5. The third-order valence-electron chi connectivity index (χ3n) is 3.90. The molecule has 2 amide bonds. The molecule has 0 aliphatic carbocycles. The molecule has 1 aliphatic rings. The molecule has 2 aromatic rings. The van der Waals surface area contributed by atoms with E-state index in [-0.39, 0.29) is 18.2 Å². The number of nitriles is 1. The Morgan fingerprint density at radius 2 is 2.00 bits per heavy atom. The zero-order valence-electron chi connectivity index (χ0n) is 12.7. The highest BCUT2D eigenvalue weighted by Gasteiger charge is 2.35. The third-order valence-corrected chi connectivity index (χ3v) is 4.13. The molecule has 6 heteroatoms. The summed E-state index contributed by atoms with van der Waals surface area (Å²) in [5.41, 5.74) is 1.82. The number of hydrogen-bond acceptors (Lipinski definition) is 3. The van der Waals surface area contributed by atoms with Crippen molar-refractivity contribution >= 4 is 34.8 Å². The van der Waals surface area contributed by atoms with Crippen molar-refractivity contribution in [2.75, 3.05) is 16.8 Å². The molecule has 1 heterocycles. The zero-order valence-corrected chi connectivity index (χ0v) is 13.5. The first-order chi connectivity index (χ1) is 11.6. The van der Waals surface area contributed by atoms with Gasteiger partial charge in [0.2, 0.25) is 11.8 Å². The molecule has 1 saturated heterocycles. The lowest BCUT2D eigenvalue weighted by molar-refractivity contribution is -0.122. The van der Waals surface area contributed by atoms with Crippen LogP contribution in [0.4, 0.5) is 11.4 Å². The van der Waals surface area contributed by atoms with Crippen molar-refractivity contribution in [1.29, 1.82) is 5.26 Å². The van der Waals surface area contributed by atoms with Gasteiger partial charge in [-0.25, -0.2) is 0 Å². The van der Waals surface area contributed by atoms with Crippen LogP contribution in [0, 0.1) is 17.2 Å². The number of anilines is 2. The molecule has 1 unspecified atom stereocenters. The molecule has 0 saturated carbocycles. The Kier molecular flexibility index (Phi) is 4.50. The first-order valence-corrected chi connectivity index (χ1v) is 7.81. The lowest BCUT2D eigenvalue weighted by Crippen LogP contribution is -2.28. The van der Waals surface area contributed by atoms with E-state index < -0.39 is 5.92 Å². The SMILES string of the molecule is N#Cc1ccc(NC(=O)C2CC(=O)N(c3cccc(Cl)c3)C2)cc1. The fraction of sp³-hybridized carbons (Fsp3) is 0.167. The Morgan fingerprint density at radius 3 is 2.67 bits per heavy atom. The molecular formula is C18H14ClN3O2. The van der Waals surface area contributed by atoms with E-state index in [9.17, 15) is 9.59 Å². The number of halogens is 1. The van der Waals surface area contributed by atoms with Crippen LogP contribution in [0.25, 0.3) is 0 Å². The van der Waals surface area contributed by atoms with Gasteiger partial charge in [0.25, 0.3) is 0 Å². The summed E-state index contributed by atoms with van der Waals surface area (Å²) in [5.74, 6) is -0.734. The van der Waals surface area contributed by atoms with Crippen molar-refractivity contribution in [1.82, 2.24) is 0 Å². The van der Waals surface area contributed by atoms with Gasteiger partial charge < -0.3 is 10.2 Å². The van der Waals surface area contributed by atoms with Crippen molar-refractivity contribution in [3.05, 3.63) is 59.1 Å². The molecule has 1 N–H and O–H groups in total. The monoisotopic (exact) mass is 339 g/mol. The molecular weight excluding hydrogens is 326 g/mol. The minimum Gasteiger partial charge on any atom is -0.326 e. The summed E-state index contributed by atoms with van der Waals surface area (Å²) in [6.07, 6.45) is 0.161. The summed E-state index contributed by atoms with van der Waals surface area (Å²) in [4.78, 5) is 26.2. The van der Waals surface area contributed by atoms with Crippen molar-refractivity contribution in [3.8, 4) is 6.07 Å². The van der Waals surface area contributed by atoms with Crippen LogP contribution in [0.2, 0.25) is 5.02 Å². The van der Waals surface area contributed by atoms with Gasteiger partial charge in [-0.05, 0) is 42.5 Å². The van der Waals surface area contributed by atoms with Crippen molar-refractivity contribution in [2.24, 2.45) is 5.92 Å². The molecule has 0 aromatic heterocycles. The molecule has 1 aliphatic heterocycles. The first kappa shape index (κ1) is 16.0. The van der Waals surface area contributed by atoms with E-state index in [4.69, 9.17) is 16.9 Å². The maximum atomic E-state index is 12.4. The van der Waals surface area contributed by atoms with Crippen LogP contribution < -0.4 is 10.2 Å². The van der Waals surface area contributed by atoms with Crippen molar-refractivity contribution in [3.63, 3.8) is 0 Å². The lowest BCUT2D eigenvalue weighted by Gasteiger charge is -2.17. The van der Waals surface area contributed by atoms with E-state index in [1.165, 1.54) is 0 Å². The van der Waals surface area contributed by atoms with Gasteiger partial charge in [-0.1, -0.05) is 17.7 Å². The number of rotatable bonds is 3. The Balaban J connectivity index is 1.68. The highest BCUT2D eigenvalue weighted by Crippen LogP contribution is 2.27. The topological polar surface area (TPSA) is 73.2 Å². The van der Waals surface area contributed by atoms with Gasteiger partial charge in [0, 0.05) is 29.4 Å². The van der Waals surface area contributed by atoms with Crippen LogP contribution in [0.15, 0.2) is 48.5 Å². The van der Waals surface area contributed by atoms with Gasteiger partial charge in [-0.15, -0.1) is 0 Å². The minimum absolute atomic E-state index is 0.0998. The number of carbonyl (C=O) groups is 2. The van der Waals surface area contributed by atoms with E-state index in [1.54, 1.807) is 53.4 Å². The molecule has 1 atom stereocenters. The summed E-state index contributed by atoms with van der Waals surface area (Å²) in [6.45, 7) is 0.321. The van der Waals surface area contributed by atoms with Crippen molar-refractivity contribution in [2.45, 2.75) is 6.42 Å². The highest BCUT2D eigenvalue weighted by molar-refractivity contribution is 6.31. The van der Waals surface area contributed by atoms with Gasteiger partial charge in [0.15, 0.2) is 0 Å². The summed E-state index contributed by atoms with van der Waals surface area (Å²) in [6, 6.07) is 15.6. The number of benzene rings is 2. The quantitative estimate of drug-likeness (QED) is 0.933. The molecule has 0 radical (unpaired) electrons. The Hall–Kier alpha value is -2.84. The molecule has 3 rings (SSSR count). The Labute approximate surface area is 144 Å². The first-order valence-electron chi connectivity index (χ1n) is 7.44. The second-order valence-electron chi connectivity index (χ2n) is 5.56. The van der Waals surface area contributed by atoms with Gasteiger partial charge in [0.1, 0.15) is 0 Å². The van der Waals surface area contributed by atoms with Gasteiger partial charge in [-0.3, -0.25) is 9.59 Å². The zero-order chi connectivity index (χ0) is 17.1. The predicted molar refractivity (Wildman–Crippen MR) is 91.7 cm³/mol. The largest absolute Gasteiger partial charge is 0.326 e. The maximum absolute atomic E-state index is 12.4. The van der Waals surface area contributed by atoms with Crippen LogP contribution in [0.5, 0.6) is 0 Å². The maximum Gasteiger partial charge on any atom is 0.229 e. The minimum atomic E-state index is -0.424. The smallest absolute Gasteiger partial charge is 0.229 e. The van der Waals surface area contributed by atoms with Crippen LogP contribution >= 0.6 is 11.6 Å². The fourth-order valence-corrected chi connectivity index (χ4v) is 2.83. The normalized spacial score (nSPS) is 16.8. The second kappa shape index (κ2) is 6.73. The lowest BCUT2D eigenvalue weighted by atomic mass is 10.1. The van der Waals surface area contributed by atoms with Crippen molar-refractivity contribution < 1.29 is 9.59 Å². The summed E-state index contributed by atoms with van der Waals surface area (Å²) in [7, 11) is 0. The molecule has 5 nitrogen and oxygen atoms in total. The Bertz CT molecular complexity index is 827. The molecule has 1 fully saturated rings. The van der Waals surface area contributed by atoms with Crippen LogP contribution in [0.3, 0.4) is 0 Å². The van der Waals surface area contributed by atoms with E-state index >= 15 is 0 Å². The number of amides is 2. The summed E-state index contributed by atoms with van der Waals surface area (Å²) in [5, 5.41) is 12.1. The van der Waals surface area contributed by atoms with Crippen LogP contribution in [-0.4, -0.2) is 18.4 Å². The van der Waals surface area contributed by atoms with E-state index in [0.717, 1.165) is 0 Å². The molecule has 24 heavy (non-hydrogen) atoms. The average Bonchev–Trinajstić information content (AvgIpc) is 2.97. The summed E-state index contributed by atoms with van der Waals surface area (Å²) < 4.78 is 0. The van der Waals surface area contributed by atoms with Gasteiger partial charge >= 0.3 is 0 Å². The molecule has 0 spiro atoms. The number of carbonyl (C=O) groups excluding carboxylic acids is 2. The van der Waals surface area contributed by atoms with Crippen LogP contribution in [0.1, 0.15) is 12.0 Å².